The van der Waals surface area contributed by atoms with Crippen molar-refractivity contribution >= 4 is 11.8 Å². The van der Waals surface area contributed by atoms with Crippen molar-refractivity contribution in [3.8, 4) is 0 Å². The van der Waals surface area contributed by atoms with Gasteiger partial charge in [0.05, 0.1) is 12.0 Å². The van der Waals surface area contributed by atoms with Crippen LogP contribution in [-0.4, -0.2) is 12.0 Å². The summed E-state index contributed by atoms with van der Waals surface area (Å²) in [5.41, 5.74) is 2.77. The molecule has 2 atom stereocenters. The van der Waals surface area contributed by atoms with Crippen LogP contribution in [0.1, 0.15) is 29.7 Å². The zero-order valence-corrected chi connectivity index (χ0v) is 9.51. The summed E-state index contributed by atoms with van der Waals surface area (Å²) in [6, 6.07) is 8.86. The van der Waals surface area contributed by atoms with Gasteiger partial charge in [-0.25, -0.2) is 0 Å². The third-order valence-corrected chi connectivity index (χ3v) is 3.76. The van der Waals surface area contributed by atoms with Gasteiger partial charge in [-0.2, -0.15) is 0 Å². The SMILES string of the molecule is Cc1ccc(C2CC(C)OCS2)cc1. The molecule has 1 aliphatic rings. The van der Waals surface area contributed by atoms with Crippen molar-refractivity contribution in [1.29, 1.82) is 0 Å². The summed E-state index contributed by atoms with van der Waals surface area (Å²) in [7, 11) is 0. The second kappa shape index (κ2) is 4.37. The summed E-state index contributed by atoms with van der Waals surface area (Å²) in [6.07, 6.45) is 1.54. The Morgan fingerprint density at radius 2 is 2.00 bits per heavy atom. The number of rotatable bonds is 1. The Kier molecular flexibility index (Phi) is 3.14. The largest absolute Gasteiger partial charge is 0.368 e. The topological polar surface area (TPSA) is 9.23 Å². The van der Waals surface area contributed by atoms with Gasteiger partial charge in [0.25, 0.3) is 0 Å². The van der Waals surface area contributed by atoms with Crippen LogP contribution in [0.25, 0.3) is 0 Å². The quantitative estimate of drug-likeness (QED) is 0.698. The minimum atomic E-state index is 0.405. The minimum absolute atomic E-state index is 0.405. The first-order valence-corrected chi connectivity index (χ1v) is 6.10. The van der Waals surface area contributed by atoms with Gasteiger partial charge in [0, 0.05) is 5.25 Å². The fourth-order valence-electron chi connectivity index (χ4n) is 1.69. The van der Waals surface area contributed by atoms with Crippen LogP contribution in [0.4, 0.5) is 0 Å². The predicted octanol–water partition coefficient (Wildman–Crippen LogP) is 3.54. The maximum Gasteiger partial charge on any atom is 0.0930 e. The van der Waals surface area contributed by atoms with Gasteiger partial charge >= 0.3 is 0 Å². The normalized spacial score (nSPS) is 27.6. The molecule has 0 spiro atoms. The number of hydrogen-bond donors (Lipinski definition) is 0. The molecule has 1 aliphatic heterocycles. The van der Waals surface area contributed by atoms with Crippen LogP contribution < -0.4 is 0 Å². The molecule has 0 saturated carbocycles. The van der Waals surface area contributed by atoms with E-state index < -0.39 is 0 Å². The van der Waals surface area contributed by atoms with E-state index in [1.165, 1.54) is 11.1 Å². The monoisotopic (exact) mass is 208 g/mol. The Labute approximate surface area is 89.9 Å². The second-order valence-electron chi connectivity index (χ2n) is 3.90. The molecule has 0 amide bonds. The van der Waals surface area contributed by atoms with Crippen LogP contribution in [0.2, 0.25) is 0 Å². The van der Waals surface area contributed by atoms with Crippen LogP contribution in [-0.2, 0) is 4.74 Å². The molecule has 2 unspecified atom stereocenters. The van der Waals surface area contributed by atoms with Gasteiger partial charge in [-0.3, -0.25) is 0 Å². The first kappa shape index (κ1) is 10.1. The van der Waals surface area contributed by atoms with E-state index in [0.717, 1.165) is 12.4 Å². The third kappa shape index (κ3) is 2.31. The van der Waals surface area contributed by atoms with E-state index in [0.29, 0.717) is 11.4 Å². The van der Waals surface area contributed by atoms with Gasteiger partial charge in [0.1, 0.15) is 0 Å². The Morgan fingerprint density at radius 3 is 2.64 bits per heavy atom. The Hall–Kier alpha value is -0.470. The lowest BCUT2D eigenvalue weighted by molar-refractivity contribution is 0.0881. The highest BCUT2D eigenvalue weighted by Crippen LogP contribution is 2.37. The standard InChI is InChI=1S/C12H16OS/c1-9-3-5-11(6-4-9)12-7-10(2)13-8-14-12/h3-6,10,12H,7-8H2,1-2H3. The molecule has 1 saturated heterocycles. The molecule has 1 aromatic carbocycles. The molecule has 14 heavy (non-hydrogen) atoms. The maximum atomic E-state index is 5.52. The van der Waals surface area contributed by atoms with Gasteiger partial charge in [0.2, 0.25) is 0 Å². The predicted molar refractivity (Wildman–Crippen MR) is 61.5 cm³/mol. The molecule has 1 nitrogen and oxygen atoms in total. The molecule has 2 heteroatoms. The van der Waals surface area contributed by atoms with Gasteiger partial charge < -0.3 is 4.74 Å². The van der Waals surface area contributed by atoms with Crippen molar-refractivity contribution in [2.75, 3.05) is 5.94 Å². The molecule has 0 aromatic heterocycles. The zero-order chi connectivity index (χ0) is 9.97. The first-order valence-electron chi connectivity index (χ1n) is 5.05. The van der Waals surface area contributed by atoms with Crippen LogP contribution in [0.3, 0.4) is 0 Å². The van der Waals surface area contributed by atoms with E-state index >= 15 is 0 Å². The van der Waals surface area contributed by atoms with E-state index in [-0.39, 0.29) is 0 Å². The third-order valence-electron chi connectivity index (χ3n) is 2.62. The van der Waals surface area contributed by atoms with E-state index in [1.54, 1.807) is 0 Å². The second-order valence-corrected chi connectivity index (χ2v) is 5.03. The molecule has 1 fully saturated rings. The lowest BCUT2D eigenvalue weighted by Gasteiger charge is -2.27. The van der Waals surface area contributed by atoms with E-state index in [4.69, 9.17) is 4.74 Å². The average molecular weight is 208 g/mol. The summed E-state index contributed by atoms with van der Waals surface area (Å²) in [5.74, 6) is 0.833. The molecule has 1 aromatic rings. The zero-order valence-electron chi connectivity index (χ0n) is 8.69. The summed E-state index contributed by atoms with van der Waals surface area (Å²) < 4.78 is 5.52. The van der Waals surface area contributed by atoms with Crippen molar-refractivity contribution in [3.05, 3.63) is 35.4 Å². The lowest BCUT2D eigenvalue weighted by Crippen LogP contribution is -2.17. The summed E-state index contributed by atoms with van der Waals surface area (Å²) in [5, 5.41) is 0.624. The Bertz CT molecular complexity index is 294. The fraction of sp³-hybridized carbons (Fsp3) is 0.500. The van der Waals surface area contributed by atoms with Crippen molar-refractivity contribution in [3.63, 3.8) is 0 Å². The number of ether oxygens (including phenoxy) is 1. The number of aryl methyl sites for hydroxylation is 1. The average Bonchev–Trinajstić information content (AvgIpc) is 2.19. The molecule has 0 aliphatic carbocycles. The highest BCUT2D eigenvalue weighted by molar-refractivity contribution is 7.99. The molecule has 0 radical (unpaired) electrons. The summed E-state index contributed by atoms with van der Waals surface area (Å²) >= 11 is 1.90. The Morgan fingerprint density at radius 1 is 1.29 bits per heavy atom. The van der Waals surface area contributed by atoms with E-state index in [9.17, 15) is 0 Å². The fourth-order valence-corrected chi connectivity index (χ4v) is 2.92. The molecule has 2 rings (SSSR count). The highest BCUT2D eigenvalue weighted by atomic mass is 32.2. The lowest BCUT2D eigenvalue weighted by atomic mass is 10.1. The smallest absolute Gasteiger partial charge is 0.0930 e. The van der Waals surface area contributed by atoms with Crippen molar-refractivity contribution < 1.29 is 4.74 Å². The minimum Gasteiger partial charge on any atom is -0.368 e. The van der Waals surface area contributed by atoms with Gasteiger partial charge in [-0.15, -0.1) is 11.8 Å². The van der Waals surface area contributed by atoms with Crippen LogP contribution >= 0.6 is 11.8 Å². The summed E-state index contributed by atoms with van der Waals surface area (Å²) in [6.45, 7) is 4.28. The van der Waals surface area contributed by atoms with Crippen LogP contribution in [0.5, 0.6) is 0 Å². The maximum absolute atomic E-state index is 5.52. The number of hydrogen-bond acceptors (Lipinski definition) is 2. The summed E-state index contributed by atoms with van der Waals surface area (Å²) in [4.78, 5) is 0. The number of thioether (sulfide) groups is 1. The molecular weight excluding hydrogens is 192 g/mol. The van der Waals surface area contributed by atoms with Crippen LogP contribution in [0, 0.1) is 6.92 Å². The first-order chi connectivity index (χ1) is 6.75. The van der Waals surface area contributed by atoms with Crippen molar-refractivity contribution in [1.82, 2.24) is 0 Å². The molecular formula is C12H16OS. The van der Waals surface area contributed by atoms with Gasteiger partial charge in [0.15, 0.2) is 0 Å². The van der Waals surface area contributed by atoms with Gasteiger partial charge in [-0.1, -0.05) is 29.8 Å². The molecule has 0 bridgehead atoms. The Balaban J connectivity index is 2.10. The van der Waals surface area contributed by atoms with Crippen molar-refractivity contribution in [2.45, 2.75) is 31.6 Å². The highest BCUT2D eigenvalue weighted by Gasteiger charge is 2.20. The van der Waals surface area contributed by atoms with E-state index in [2.05, 4.69) is 38.1 Å². The van der Waals surface area contributed by atoms with Crippen LogP contribution in [0.15, 0.2) is 24.3 Å². The molecule has 1 heterocycles. The van der Waals surface area contributed by atoms with Crippen molar-refractivity contribution in [2.24, 2.45) is 0 Å². The number of benzene rings is 1. The van der Waals surface area contributed by atoms with E-state index in [1.807, 2.05) is 11.8 Å². The molecule has 0 N–H and O–H groups in total. The molecule has 76 valence electrons. The van der Waals surface area contributed by atoms with Gasteiger partial charge in [-0.05, 0) is 25.8 Å².